The molecule has 1 aromatic heterocycles. The predicted octanol–water partition coefficient (Wildman–Crippen LogP) is 7.01. The van der Waals surface area contributed by atoms with Crippen LogP contribution in [-0.4, -0.2) is 131 Å². The SMILES string of the molecule is CCN(CC)c1ccc(NC(=O)c2cccc(C(=O)N(C)CCN(C)CCOCCOCCOCCNC(=O)C(C)(C)C)c2)c(-c2cc(C(=O)NCc3cccc(C(F)(F)F)c3)ccn2)c1. The number of aromatic nitrogens is 1. The molecule has 14 nitrogen and oxygen atoms in total. The van der Waals surface area contributed by atoms with Gasteiger partial charge in [-0.3, -0.25) is 24.2 Å². The molecule has 0 radical (unpaired) electrons. The molecule has 0 bridgehead atoms. The fourth-order valence-electron chi connectivity index (χ4n) is 6.51. The molecular formula is C49H64F3N7O7. The van der Waals surface area contributed by atoms with Crippen molar-refractivity contribution >= 4 is 35.0 Å². The summed E-state index contributed by atoms with van der Waals surface area (Å²) in [6, 6.07) is 19.8. The number of hydrogen-bond acceptors (Lipinski definition) is 10. The number of ether oxygens (including phenoxy) is 3. The van der Waals surface area contributed by atoms with Gasteiger partial charge in [0.25, 0.3) is 17.7 Å². The van der Waals surface area contributed by atoms with E-state index in [0.717, 1.165) is 17.8 Å². The van der Waals surface area contributed by atoms with Crippen LogP contribution in [0.25, 0.3) is 11.3 Å². The zero-order valence-corrected chi connectivity index (χ0v) is 39.1. The lowest BCUT2D eigenvalue weighted by Gasteiger charge is -2.23. The second kappa shape index (κ2) is 25.7. The Hall–Kier alpha value is -5.88. The number of amides is 4. The maximum atomic E-state index is 13.8. The second-order valence-electron chi connectivity index (χ2n) is 16.6. The topological polar surface area (TPSA) is 155 Å². The Morgan fingerprint density at radius 3 is 2.02 bits per heavy atom. The van der Waals surface area contributed by atoms with Crippen LogP contribution in [0.3, 0.4) is 0 Å². The number of carbonyl (C=O) groups excluding carboxylic acids is 4. The number of pyridine rings is 1. The summed E-state index contributed by atoms with van der Waals surface area (Å²) in [6.45, 7) is 15.7. The molecule has 3 aromatic carbocycles. The quantitative estimate of drug-likeness (QED) is 0.0592. The molecule has 0 aliphatic rings. The smallest absolute Gasteiger partial charge is 0.378 e. The van der Waals surface area contributed by atoms with Crippen LogP contribution in [0, 0.1) is 5.41 Å². The van der Waals surface area contributed by atoms with Crippen molar-refractivity contribution in [3.63, 3.8) is 0 Å². The number of benzene rings is 3. The van der Waals surface area contributed by atoms with Crippen LogP contribution in [-0.2, 0) is 31.7 Å². The van der Waals surface area contributed by atoms with Crippen LogP contribution in [0.15, 0.2) is 85.1 Å². The van der Waals surface area contributed by atoms with E-state index in [1.54, 1.807) is 48.3 Å². The molecule has 0 aliphatic heterocycles. The monoisotopic (exact) mass is 919 g/mol. The number of alkyl halides is 3. The van der Waals surface area contributed by atoms with E-state index in [9.17, 15) is 32.3 Å². The molecule has 3 N–H and O–H groups in total. The summed E-state index contributed by atoms with van der Waals surface area (Å²) >= 11 is 0. The summed E-state index contributed by atoms with van der Waals surface area (Å²) in [5.41, 5.74) is 2.09. The average molecular weight is 920 g/mol. The Kier molecular flexibility index (Phi) is 20.6. The van der Waals surface area contributed by atoms with Crippen LogP contribution >= 0.6 is 0 Å². The number of nitrogens with zero attached hydrogens (tertiary/aromatic N) is 4. The van der Waals surface area contributed by atoms with Crippen molar-refractivity contribution in [3.8, 4) is 11.3 Å². The Morgan fingerprint density at radius 2 is 1.33 bits per heavy atom. The molecule has 0 unspecified atom stereocenters. The van der Waals surface area contributed by atoms with Crippen molar-refractivity contribution in [2.45, 2.75) is 47.3 Å². The largest absolute Gasteiger partial charge is 0.416 e. The van der Waals surface area contributed by atoms with Gasteiger partial charge in [-0.05, 0) is 87.1 Å². The minimum Gasteiger partial charge on any atom is -0.378 e. The third-order valence-corrected chi connectivity index (χ3v) is 10.5. The molecule has 17 heteroatoms. The molecule has 4 rings (SSSR count). The minimum absolute atomic E-state index is 0.0173. The number of likely N-dealkylation sites (N-methyl/N-ethyl adjacent to an activating group) is 2. The molecule has 4 aromatic rings. The summed E-state index contributed by atoms with van der Waals surface area (Å²) < 4.78 is 56.5. The summed E-state index contributed by atoms with van der Waals surface area (Å²) in [5, 5.41) is 8.49. The molecule has 0 saturated heterocycles. The van der Waals surface area contributed by atoms with E-state index in [0.29, 0.717) is 107 Å². The standard InChI is InChI=1S/C49H64F3N7O7/c1-8-59(9-2)40-16-17-42(41(33-40)43-32-37(18-19-53-43)44(60)55-34-35-12-10-15-39(30-35)49(50,51)52)56-45(61)36-13-11-14-38(31-36)46(62)58(7)22-21-57(6)23-25-65-27-29-66-28-26-64-24-20-54-47(63)48(3,4)5/h10-19,30-33H,8-9,20-29,34H2,1-7H3,(H,54,63)(H,55,60)(H,56,61). The van der Waals surface area contributed by atoms with Gasteiger partial charge < -0.3 is 44.9 Å². The Bertz CT molecular complexity index is 2210. The number of anilines is 2. The van der Waals surface area contributed by atoms with Gasteiger partial charge >= 0.3 is 6.18 Å². The Balaban J connectivity index is 1.29. The molecule has 0 spiro atoms. The fourth-order valence-corrected chi connectivity index (χ4v) is 6.51. The van der Waals surface area contributed by atoms with Crippen LogP contribution in [0.1, 0.15) is 76.8 Å². The third-order valence-electron chi connectivity index (χ3n) is 10.5. The van der Waals surface area contributed by atoms with Gasteiger partial charge in [-0.15, -0.1) is 0 Å². The number of rotatable bonds is 25. The van der Waals surface area contributed by atoms with Gasteiger partial charge in [-0.1, -0.05) is 39.0 Å². The first-order valence-corrected chi connectivity index (χ1v) is 22.1. The zero-order valence-electron chi connectivity index (χ0n) is 39.1. The molecule has 4 amide bonds. The highest BCUT2D eigenvalue weighted by Gasteiger charge is 2.30. The van der Waals surface area contributed by atoms with E-state index in [1.165, 1.54) is 24.4 Å². The first-order chi connectivity index (χ1) is 31.4. The van der Waals surface area contributed by atoms with E-state index in [1.807, 2.05) is 53.8 Å². The van der Waals surface area contributed by atoms with E-state index in [4.69, 9.17) is 14.2 Å². The maximum absolute atomic E-state index is 13.8. The van der Waals surface area contributed by atoms with Crippen molar-refractivity contribution in [1.29, 1.82) is 0 Å². The lowest BCUT2D eigenvalue weighted by Crippen LogP contribution is -2.36. The van der Waals surface area contributed by atoms with E-state index in [2.05, 4.69) is 30.7 Å². The minimum atomic E-state index is -4.51. The van der Waals surface area contributed by atoms with Crippen molar-refractivity contribution < 1.29 is 46.6 Å². The first kappa shape index (κ1) is 52.7. The number of carbonyl (C=O) groups is 4. The Morgan fingerprint density at radius 1 is 0.682 bits per heavy atom. The molecule has 0 fully saturated rings. The van der Waals surface area contributed by atoms with Crippen molar-refractivity contribution in [3.05, 3.63) is 113 Å². The van der Waals surface area contributed by atoms with E-state index < -0.39 is 29.0 Å². The van der Waals surface area contributed by atoms with Gasteiger partial charge in [0.1, 0.15) is 0 Å². The van der Waals surface area contributed by atoms with Crippen molar-refractivity contribution in [2.24, 2.45) is 5.41 Å². The summed E-state index contributed by atoms with van der Waals surface area (Å²) in [4.78, 5) is 62.7. The van der Waals surface area contributed by atoms with Gasteiger partial charge in [0.2, 0.25) is 5.91 Å². The van der Waals surface area contributed by atoms with Crippen molar-refractivity contribution in [1.82, 2.24) is 25.4 Å². The Labute approximate surface area is 386 Å². The molecule has 0 saturated carbocycles. The van der Waals surface area contributed by atoms with Gasteiger partial charge in [-0.2, -0.15) is 13.2 Å². The normalized spacial score (nSPS) is 11.6. The highest BCUT2D eigenvalue weighted by atomic mass is 19.4. The maximum Gasteiger partial charge on any atom is 0.416 e. The highest BCUT2D eigenvalue weighted by Crippen LogP contribution is 2.33. The van der Waals surface area contributed by atoms with Crippen LogP contribution in [0.5, 0.6) is 0 Å². The summed E-state index contributed by atoms with van der Waals surface area (Å²) in [6.07, 6.45) is -3.05. The van der Waals surface area contributed by atoms with Gasteiger partial charge in [0.05, 0.1) is 56.6 Å². The number of halogens is 3. The van der Waals surface area contributed by atoms with Gasteiger partial charge in [0, 0.05) is 92.4 Å². The first-order valence-electron chi connectivity index (χ1n) is 22.1. The van der Waals surface area contributed by atoms with Crippen LogP contribution < -0.4 is 20.9 Å². The molecule has 66 heavy (non-hydrogen) atoms. The lowest BCUT2D eigenvalue weighted by molar-refractivity contribution is -0.137. The summed E-state index contributed by atoms with van der Waals surface area (Å²) in [7, 11) is 3.65. The van der Waals surface area contributed by atoms with Crippen LogP contribution in [0.4, 0.5) is 24.5 Å². The molecule has 1 heterocycles. The van der Waals surface area contributed by atoms with E-state index >= 15 is 0 Å². The number of hydrogen-bond donors (Lipinski definition) is 3. The summed E-state index contributed by atoms with van der Waals surface area (Å²) in [5.74, 6) is -1.24. The molecule has 0 atom stereocenters. The number of nitrogens with one attached hydrogen (secondary N) is 3. The molecule has 0 aliphatic carbocycles. The average Bonchev–Trinajstić information content (AvgIpc) is 3.30. The zero-order chi connectivity index (χ0) is 48.3. The third kappa shape index (κ3) is 16.8. The molecule has 358 valence electrons. The van der Waals surface area contributed by atoms with Gasteiger partial charge in [-0.25, -0.2) is 0 Å². The molecular weight excluding hydrogens is 856 g/mol. The van der Waals surface area contributed by atoms with E-state index in [-0.39, 0.29) is 29.5 Å². The van der Waals surface area contributed by atoms with Crippen LogP contribution in [0.2, 0.25) is 0 Å². The second-order valence-corrected chi connectivity index (χ2v) is 16.6. The van der Waals surface area contributed by atoms with Crippen molar-refractivity contribution in [2.75, 3.05) is 103 Å². The van der Waals surface area contributed by atoms with Gasteiger partial charge in [0.15, 0.2) is 0 Å². The fraction of sp³-hybridized carbons (Fsp3) is 0.449. The lowest BCUT2D eigenvalue weighted by atomic mass is 9.96. The predicted molar refractivity (Wildman–Crippen MR) is 250 cm³/mol. The highest BCUT2D eigenvalue weighted by molar-refractivity contribution is 6.08.